The Labute approximate surface area is 112 Å². The third-order valence-corrected chi connectivity index (χ3v) is 3.38. The van der Waals surface area contributed by atoms with E-state index in [1.807, 2.05) is 27.7 Å². The van der Waals surface area contributed by atoms with Gasteiger partial charge in [-0.3, -0.25) is 4.79 Å². The summed E-state index contributed by atoms with van der Waals surface area (Å²) in [6.45, 7) is 8.42. The Bertz CT molecular complexity index is 250. The first kappa shape index (κ1) is 15.5. The van der Waals surface area contributed by atoms with Crippen LogP contribution in [0.2, 0.25) is 0 Å². The molecule has 1 saturated carbocycles. The Balaban J connectivity index is 2.26. The molecule has 0 amide bonds. The van der Waals surface area contributed by atoms with Crippen molar-refractivity contribution >= 4 is 5.97 Å². The van der Waals surface area contributed by atoms with Crippen molar-refractivity contribution in [1.29, 1.82) is 0 Å². The molecule has 0 aromatic heterocycles. The minimum Gasteiger partial charge on any atom is -0.460 e. The monoisotopic (exact) mass is 255 g/mol. The van der Waals surface area contributed by atoms with Crippen molar-refractivity contribution in [3.05, 3.63) is 0 Å². The quantitative estimate of drug-likeness (QED) is 0.619. The summed E-state index contributed by atoms with van der Waals surface area (Å²) in [4.78, 5) is 11.8. The first-order chi connectivity index (χ1) is 8.38. The highest BCUT2D eigenvalue weighted by atomic mass is 16.6. The van der Waals surface area contributed by atoms with E-state index in [-0.39, 0.29) is 17.5 Å². The molecule has 1 fully saturated rings. The van der Waals surface area contributed by atoms with Crippen LogP contribution in [0.4, 0.5) is 0 Å². The second-order valence-corrected chi connectivity index (χ2v) is 6.53. The summed E-state index contributed by atoms with van der Waals surface area (Å²) in [6.07, 6.45) is 7.86. The number of ether oxygens (including phenoxy) is 1. The Morgan fingerprint density at radius 1 is 1.22 bits per heavy atom. The van der Waals surface area contributed by atoms with Crippen LogP contribution in [0.25, 0.3) is 0 Å². The fourth-order valence-corrected chi connectivity index (χ4v) is 2.31. The second-order valence-electron chi connectivity index (χ2n) is 6.53. The van der Waals surface area contributed by atoms with Crippen LogP contribution in [-0.2, 0) is 9.53 Å². The van der Waals surface area contributed by atoms with Gasteiger partial charge < -0.3 is 10.1 Å². The zero-order valence-electron chi connectivity index (χ0n) is 12.4. The predicted molar refractivity (Wildman–Crippen MR) is 74.5 cm³/mol. The molecule has 0 bridgehead atoms. The van der Waals surface area contributed by atoms with E-state index in [1.54, 1.807) is 0 Å². The largest absolute Gasteiger partial charge is 0.460 e. The Morgan fingerprint density at radius 3 is 2.28 bits per heavy atom. The molecule has 1 rings (SSSR count). The van der Waals surface area contributed by atoms with Crippen molar-refractivity contribution in [3.8, 4) is 0 Å². The van der Waals surface area contributed by atoms with Gasteiger partial charge in [0, 0.05) is 12.6 Å². The minimum atomic E-state index is -0.381. The lowest BCUT2D eigenvalue weighted by molar-refractivity contribution is -0.159. The molecule has 3 nitrogen and oxygen atoms in total. The van der Waals surface area contributed by atoms with E-state index in [4.69, 9.17) is 4.74 Å². The minimum absolute atomic E-state index is 0.0625. The second kappa shape index (κ2) is 7.13. The molecular weight excluding hydrogens is 226 g/mol. The fourth-order valence-electron chi connectivity index (χ4n) is 2.31. The molecule has 0 aliphatic heterocycles. The summed E-state index contributed by atoms with van der Waals surface area (Å²) in [5, 5.41) is 3.53. The van der Waals surface area contributed by atoms with Crippen LogP contribution in [0.5, 0.6) is 0 Å². The molecule has 0 unspecified atom stereocenters. The summed E-state index contributed by atoms with van der Waals surface area (Å²) in [7, 11) is 0. The van der Waals surface area contributed by atoms with Crippen molar-refractivity contribution in [2.24, 2.45) is 5.92 Å². The van der Waals surface area contributed by atoms with Crippen LogP contribution in [0.1, 0.15) is 66.2 Å². The smallest absolute Gasteiger partial charge is 0.310 e. The lowest BCUT2D eigenvalue weighted by Crippen LogP contribution is -2.37. The highest BCUT2D eigenvalue weighted by Crippen LogP contribution is 2.17. The molecular formula is C15H29NO2. The molecule has 106 valence electrons. The van der Waals surface area contributed by atoms with Gasteiger partial charge in [-0.25, -0.2) is 0 Å². The molecule has 1 N–H and O–H groups in total. The standard InChI is InChI=1S/C15H29NO2/c1-12(14(17)18-15(2,3)4)11-16-13-9-7-5-6-8-10-13/h12-13,16H,5-11H2,1-4H3/t12-/m0/s1. The number of hydrogen-bond donors (Lipinski definition) is 1. The first-order valence-corrected chi connectivity index (χ1v) is 7.35. The topological polar surface area (TPSA) is 38.3 Å². The molecule has 0 aromatic carbocycles. The number of nitrogens with one attached hydrogen (secondary N) is 1. The van der Waals surface area contributed by atoms with Gasteiger partial charge in [-0.1, -0.05) is 32.6 Å². The average molecular weight is 255 g/mol. The van der Waals surface area contributed by atoms with Gasteiger partial charge in [-0.05, 0) is 33.6 Å². The van der Waals surface area contributed by atoms with Gasteiger partial charge in [-0.2, -0.15) is 0 Å². The average Bonchev–Trinajstić information content (AvgIpc) is 2.51. The predicted octanol–water partition coefficient (Wildman–Crippen LogP) is 3.28. The number of esters is 1. The lowest BCUT2D eigenvalue weighted by atomic mass is 10.1. The van der Waals surface area contributed by atoms with Gasteiger partial charge in [-0.15, -0.1) is 0 Å². The SMILES string of the molecule is C[C@@H](CNC1CCCCCC1)C(=O)OC(C)(C)C. The van der Waals surface area contributed by atoms with Crippen molar-refractivity contribution in [2.45, 2.75) is 77.9 Å². The zero-order chi connectivity index (χ0) is 13.6. The van der Waals surface area contributed by atoms with E-state index in [0.717, 1.165) is 6.54 Å². The molecule has 0 heterocycles. The van der Waals surface area contributed by atoms with Crippen molar-refractivity contribution < 1.29 is 9.53 Å². The molecule has 1 aliphatic rings. The zero-order valence-corrected chi connectivity index (χ0v) is 12.4. The van der Waals surface area contributed by atoms with Crippen LogP contribution in [0, 0.1) is 5.92 Å². The molecule has 3 heteroatoms. The summed E-state index contributed by atoms with van der Waals surface area (Å²) < 4.78 is 5.39. The Kier molecular flexibility index (Phi) is 6.13. The van der Waals surface area contributed by atoms with Gasteiger partial charge in [0.2, 0.25) is 0 Å². The van der Waals surface area contributed by atoms with E-state index >= 15 is 0 Å². The molecule has 18 heavy (non-hydrogen) atoms. The highest BCUT2D eigenvalue weighted by Gasteiger charge is 2.22. The third-order valence-electron chi connectivity index (χ3n) is 3.38. The maximum absolute atomic E-state index is 11.8. The first-order valence-electron chi connectivity index (χ1n) is 7.35. The number of rotatable bonds is 4. The van der Waals surface area contributed by atoms with E-state index in [2.05, 4.69) is 5.32 Å². The van der Waals surface area contributed by atoms with Crippen LogP contribution in [-0.4, -0.2) is 24.2 Å². The van der Waals surface area contributed by atoms with E-state index in [0.29, 0.717) is 6.04 Å². The normalized spacial score (nSPS) is 20.2. The van der Waals surface area contributed by atoms with Crippen molar-refractivity contribution in [3.63, 3.8) is 0 Å². The van der Waals surface area contributed by atoms with Crippen molar-refractivity contribution in [1.82, 2.24) is 5.32 Å². The molecule has 0 spiro atoms. The summed E-state index contributed by atoms with van der Waals surface area (Å²) in [5.41, 5.74) is -0.381. The molecule has 0 aromatic rings. The third kappa shape index (κ3) is 6.39. The molecule has 0 radical (unpaired) electrons. The summed E-state index contributed by atoms with van der Waals surface area (Å²) >= 11 is 0. The number of carbonyl (C=O) groups is 1. The van der Waals surface area contributed by atoms with Gasteiger partial charge in [0.1, 0.15) is 5.60 Å². The Hall–Kier alpha value is -0.570. The van der Waals surface area contributed by atoms with E-state index < -0.39 is 0 Å². The van der Waals surface area contributed by atoms with Gasteiger partial charge in [0.25, 0.3) is 0 Å². The highest BCUT2D eigenvalue weighted by molar-refractivity contribution is 5.72. The van der Waals surface area contributed by atoms with Crippen LogP contribution in [0.3, 0.4) is 0 Å². The maximum Gasteiger partial charge on any atom is 0.310 e. The van der Waals surface area contributed by atoms with E-state index in [9.17, 15) is 4.79 Å². The van der Waals surface area contributed by atoms with Crippen LogP contribution >= 0.6 is 0 Å². The van der Waals surface area contributed by atoms with E-state index in [1.165, 1.54) is 38.5 Å². The molecule has 1 atom stereocenters. The summed E-state index contributed by atoms with van der Waals surface area (Å²) in [5.74, 6) is -0.156. The van der Waals surface area contributed by atoms with Gasteiger partial charge >= 0.3 is 5.97 Å². The Morgan fingerprint density at radius 2 is 1.78 bits per heavy atom. The molecule has 1 aliphatic carbocycles. The van der Waals surface area contributed by atoms with Crippen LogP contribution in [0.15, 0.2) is 0 Å². The van der Waals surface area contributed by atoms with Crippen molar-refractivity contribution in [2.75, 3.05) is 6.54 Å². The number of hydrogen-bond acceptors (Lipinski definition) is 3. The van der Waals surface area contributed by atoms with Crippen LogP contribution < -0.4 is 5.32 Å². The fraction of sp³-hybridized carbons (Fsp3) is 0.933. The maximum atomic E-state index is 11.8. The lowest BCUT2D eigenvalue weighted by Gasteiger charge is -2.24. The summed E-state index contributed by atoms with van der Waals surface area (Å²) in [6, 6.07) is 0.595. The molecule has 0 saturated heterocycles. The van der Waals surface area contributed by atoms with Gasteiger partial charge in [0.15, 0.2) is 0 Å². The van der Waals surface area contributed by atoms with Gasteiger partial charge in [0.05, 0.1) is 5.92 Å². The number of carbonyl (C=O) groups excluding carboxylic acids is 1.